The van der Waals surface area contributed by atoms with Gasteiger partial charge in [-0.15, -0.1) is 0 Å². The van der Waals surface area contributed by atoms with Crippen LogP contribution in [-0.2, 0) is 0 Å². The third-order valence-corrected chi connectivity index (χ3v) is 4.56. The number of rotatable bonds is 6. The maximum absolute atomic E-state index is 12.6. The van der Waals surface area contributed by atoms with Crippen LogP contribution >= 0.6 is 0 Å². The van der Waals surface area contributed by atoms with Gasteiger partial charge in [0.2, 0.25) is 0 Å². The maximum atomic E-state index is 12.6. The van der Waals surface area contributed by atoms with Crippen LogP contribution < -0.4 is 15.4 Å². The highest BCUT2D eigenvalue weighted by Gasteiger charge is 2.17. The van der Waals surface area contributed by atoms with E-state index in [1.54, 1.807) is 36.4 Å². The number of anilines is 1. The fourth-order valence-electron chi connectivity index (χ4n) is 3.21. The number of para-hydroxylation sites is 1. The van der Waals surface area contributed by atoms with E-state index in [2.05, 4.69) is 10.6 Å². The van der Waals surface area contributed by atoms with Crippen LogP contribution in [0.3, 0.4) is 0 Å². The monoisotopic (exact) mass is 366 g/mol. The first kappa shape index (κ1) is 19.0. The Morgan fingerprint density at radius 1 is 0.963 bits per heavy atom. The average molecular weight is 366 g/mol. The van der Waals surface area contributed by atoms with Crippen molar-refractivity contribution in [2.24, 2.45) is 0 Å². The van der Waals surface area contributed by atoms with Gasteiger partial charge in [-0.3, -0.25) is 9.59 Å². The fraction of sp³-hybridized carbons (Fsp3) is 0.364. The number of ether oxygens (including phenoxy) is 1. The summed E-state index contributed by atoms with van der Waals surface area (Å²) in [4.78, 5) is 24.9. The van der Waals surface area contributed by atoms with Gasteiger partial charge < -0.3 is 15.4 Å². The lowest BCUT2D eigenvalue weighted by atomic mass is 10.1. The summed E-state index contributed by atoms with van der Waals surface area (Å²) in [6.45, 7) is 3.79. The Balaban J connectivity index is 1.67. The van der Waals surface area contributed by atoms with E-state index in [0.29, 0.717) is 16.8 Å². The Bertz CT molecular complexity index is 793. The van der Waals surface area contributed by atoms with Crippen LogP contribution in [0.15, 0.2) is 48.5 Å². The van der Waals surface area contributed by atoms with E-state index in [4.69, 9.17) is 4.74 Å². The summed E-state index contributed by atoms with van der Waals surface area (Å²) in [5.41, 5.74) is 1.46. The first-order valence-electron chi connectivity index (χ1n) is 9.51. The van der Waals surface area contributed by atoms with Crippen LogP contribution in [-0.4, -0.2) is 24.0 Å². The molecule has 0 radical (unpaired) electrons. The van der Waals surface area contributed by atoms with Gasteiger partial charge in [-0.2, -0.15) is 0 Å². The Kier molecular flexibility index (Phi) is 6.12. The molecule has 27 heavy (non-hydrogen) atoms. The Hall–Kier alpha value is -2.82. The van der Waals surface area contributed by atoms with E-state index in [9.17, 15) is 9.59 Å². The molecular weight excluding hydrogens is 340 g/mol. The van der Waals surface area contributed by atoms with Crippen molar-refractivity contribution in [1.82, 2.24) is 5.32 Å². The number of carbonyl (C=O) groups is 2. The lowest BCUT2D eigenvalue weighted by molar-refractivity contribution is 0.0944. The van der Waals surface area contributed by atoms with E-state index in [0.717, 1.165) is 18.6 Å². The third kappa shape index (κ3) is 5.09. The highest BCUT2D eigenvalue weighted by Crippen LogP contribution is 2.24. The van der Waals surface area contributed by atoms with Gasteiger partial charge in [-0.25, -0.2) is 0 Å². The molecular formula is C22H26N2O3. The van der Waals surface area contributed by atoms with Crippen LogP contribution in [0.1, 0.15) is 60.2 Å². The number of hydrogen-bond acceptors (Lipinski definition) is 3. The number of amides is 2. The van der Waals surface area contributed by atoms with Gasteiger partial charge in [0, 0.05) is 11.6 Å². The summed E-state index contributed by atoms with van der Waals surface area (Å²) in [5.74, 6) is 0.323. The molecule has 1 aliphatic carbocycles. The van der Waals surface area contributed by atoms with E-state index in [-0.39, 0.29) is 24.0 Å². The molecule has 0 heterocycles. The normalized spacial score (nSPS) is 14.2. The van der Waals surface area contributed by atoms with Crippen molar-refractivity contribution in [2.45, 2.75) is 51.7 Å². The summed E-state index contributed by atoms with van der Waals surface area (Å²) >= 11 is 0. The highest BCUT2D eigenvalue weighted by molar-refractivity contribution is 6.09. The number of benzene rings is 2. The van der Waals surface area contributed by atoms with Crippen molar-refractivity contribution < 1.29 is 14.3 Å². The molecule has 1 saturated carbocycles. The predicted molar refractivity (Wildman–Crippen MR) is 106 cm³/mol. The number of hydrogen-bond donors (Lipinski definition) is 2. The molecule has 0 atom stereocenters. The van der Waals surface area contributed by atoms with Gasteiger partial charge in [0.05, 0.1) is 17.4 Å². The molecule has 5 nitrogen and oxygen atoms in total. The zero-order valence-corrected chi connectivity index (χ0v) is 15.8. The van der Waals surface area contributed by atoms with Crippen LogP contribution in [0.2, 0.25) is 0 Å². The quantitative estimate of drug-likeness (QED) is 0.796. The first-order valence-corrected chi connectivity index (χ1v) is 9.51. The van der Waals surface area contributed by atoms with Crippen molar-refractivity contribution in [3.8, 4) is 5.75 Å². The van der Waals surface area contributed by atoms with Crippen molar-refractivity contribution >= 4 is 17.5 Å². The SMILES string of the molecule is CC(C)NC(=O)c1ccccc1NC(=O)c1ccc(OC2CCCC2)cc1. The molecule has 3 rings (SSSR count). The van der Waals surface area contributed by atoms with Gasteiger partial charge in [0.25, 0.3) is 11.8 Å². The van der Waals surface area contributed by atoms with Gasteiger partial charge >= 0.3 is 0 Å². The molecule has 142 valence electrons. The van der Waals surface area contributed by atoms with Crippen LogP contribution in [0, 0.1) is 0 Å². The van der Waals surface area contributed by atoms with Crippen molar-refractivity contribution in [3.05, 3.63) is 59.7 Å². The zero-order valence-electron chi connectivity index (χ0n) is 15.8. The second-order valence-electron chi connectivity index (χ2n) is 7.18. The molecule has 0 spiro atoms. The minimum absolute atomic E-state index is 0.0219. The van der Waals surface area contributed by atoms with Crippen molar-refractivity contribution in [2.75, 3.05) is 5.32 Å². The molecule has 2 N–H and O–H groups in total. The molecule has 0 aliphatic heterocycles. The molecule has 1 fully saturated rings. The molecule has 2 aromatic carbocycles. The maximum Gasteiger partial charge on any atom is 0.255 e. The van der Waals surface area contributed by atoms with E-state index >= 15 is 0 Å². The van der Waals surface area contributed by atoms with Gasteiger partial charge in [0.15, 0.2) is 0 Å². The van der Waals surface area contributed by atoms with Gasteiger partial charge in [-0.1, -0.05) is 12.1 Å². The van der Waals surface area contributed by atoms with Gasteiger partial charge in [-0.05, 0) is 75.9 Å². The summed E-state index contributed by atoms with van der Waals surface area (Å²) in [7, 11) is 0. The smallest absolute Gasteiger partial charge is 0.255 e. The minimum atomic E-state index is -0.257. The summed E-state index contributed by atoms with van der Waals surface area (Å²) in [6, 6.07) is 14.2. The van der Waals surface area contributed by atoms with Crippen LogP contribution in [0.25, 0.3) is 0 Å². The average Bonchev–Trinajstić information content (AvgIpc) is 3.15. The molecule has 2 aromatic rings. The second-order valence-corrected chi connectivity index (χ2v) is 7.18. The summed E-state index contributed by atoms with van der Waals surface area (Å²) in [6.07, 6.45) is 4.91. The zero-order chi connectivity index (χ0) is 19.2. The molecule has 2 amide bonds. The van der Waals surface area contributed by atoms with E-state index in [1.807, 2.05) is 26.0 Å². The Labute approximate surface area is 160 Å². The lowest BCUT2D eigenvalue weighted by Crippen LogP contribution is -2.31. The fourth-order valence-corrected chi connectivity index (χ4v) is 3.21. The minimum Gasteiger partial charge on any atom is -0.490 e. The van der Waals surface area contributed by atoms with E-state index in [1.165, 1.54) is 12.8 Å². The lowest BCUT2D eigenvalue weighted by Gasteiger charge is -2.14. The van der Waals surface area contributed by atoms with Gasteiger partial charge in [0.1, 0.15) is 5.75 Å². The second kappa shape index (κ2) is 8.71. The molecule has 5 heteroatoms. The Morgan fingerprint density at radius 3 is 2.30 bits per heavy atom. The Morgan fingerprint density at radius 2 is 1.63 bits per heavy atom. The molecule has 0 unspecified atom stereocenters. The molecule has 1 aliphatic rings. The largest absolute Gasteiger partial charge is 0.490 e. The van der Waals surface area contributed by atoms with Crippen LogP contribution in [0.4, 0.5) is 5.69 Å². The van der Waals surface area contributed by atoms with Crippen molar-refractivity contribution in [3.63, 3.8) is 0 Å². The molecule has 0 bridgehead atoms. The highest BCUT2D eigenvalue weighted by atomic mass is 16.5. The van der Waals surface area contributed by atoms with Crippen molar-refractivity contribution in [1.29, 1.82) is 0 Å². The van der Waals surface area contributed by atoms with E-state index < -0.39 is 0 Å². The third-order valence-electron chi connectivity index (χ3n) is 4.56. The molecule has 0 saturated heterocycles. The number of carbonyl (C=O) groups excluding carboxylic acids is 2. The standard InChI is InChI=1S/C22H26N2O3/c1-15(2)23-22(26)19-9-5-6-10-20(19)24-21(25)16-11-13-18(14-12-16)27-17-7-3-4-8-17/h5-6,9-15,17H,3-4,7-8H2,1-2H3,(H,23,26)(H,24,25). The topological polar surface area (TPSA) is 67.4 Å². The summed E-state index contributed by atoms with van der Waals surface area (Å²) < 4.78 is 5.93. The summed E-state index contributed by atoms with van der Waals surface area (Å²) in [5, 5.41) is 5.68. The van der Waals surface area contributed by atoms with Crippen LogP contribution in [0.5, 0.6) is 5.75 Å². The molecule has 0 aromatic heterocycles. The first-order chi connectivity index (χ1) is 13.0. The number of nitrogens with one attached hydrogen (secondary N) is 2. The predicted octanol–water partition coefficient (Wildman–Crippen LogP) is 4.40.